The second-order valence-electron chi connectivity index (χ2n) is 5.27. The lowest BCUT2D eigenvalue weighted by Gasteiger charge is -2.18. The lowest BCUT2D eigenvalue weighted by molar-refractivity contribution is 0.0702. The van der Waals surface area contributed by atoms with Crippen LogP contribution in [0.5, 0.6) is 17.2 Å². The average molecular weight is 333 g/mol. The monoisotopic (exact) mass is 333 g/mol. The molecule has 0 unspecified atom stereocenters. The van der Waals surface area contributed by atoms with Crippen LogP contribution in [0.4, 0.5) is 11.8 Å². The van der Waals surface area contributed by atoms with Gasteiger partial charge in [-0.15, -0.1) is 0 Å². The molecule has 0 saturated carbocycles. The van der Waals surface area contributed by atoms with Crippen LogP contribution in [0.3, 0.4) is 0 Å². The number of carbonyl (C=O) groups is 1. The van der Waals surface area contributed by atoms with Gasteiger partial charge in [0.2, 0.25) is 5.95 Å². The Bertz CT molecular complexity index is 764. The Morgan fingerprint density at radius 2 is 1.96 bits per heavy atom. The van der Waals surface area contributed by atoms with Crippen LogP contribution in [-0.2, 0) is 0 Å². The number of amides is 1. The van der Waals surface area contributed by atoms with Crippen LogP contribution in [0.2, 0.25) is 0 Å². The number of carbonyl (C=O) groups excluding carboxylic acids is 1. The number of nitrogen functional groups attached to an aromatic ring is 2. The van der Waals surface area contributed by atoms with Crippen LogP contribution in [0, 0.1) is 0 Å². The number of hydrogen-bond acceptors (Lipinski definition) is 8. The van der Waals surface area contributed by atoms with Gasteiger partial charge in [-0.05, 0) is 18.1 Å². The largest absolute Gasteiger partial charge is 0.496 e. The van der Waals surface area contributed by atoms with Crippen molar-refractivity contribution in [2.45, 2.75) is 19.8 Å². The maximum absolute atomic E-state index is 11.8. The van der Waals surface area contributed by atoms with Gasteiger partial charge in [-0.2, -0.15) is 4.98 Å². The van der Waals surface area contributed by atoms with Gasteiger partial charge in [-0.25, -0.2) is 10.5 Å². The molecule has 1 aromatic carbocycles. The smallest absolute Gasteiger partial charge is 0.278 e. The van der Waals surface area contributed by atoms with Gasteiger partial charge in [0.1, 0.15) is 11.5 Å². The number of hydrogen-bond donors (Lipinski definition) is 4. The number of nitrogens with two attached hydrogens (primary N) is 2. The number of aromatic nitrogens is 2. The number of nitrogens with one attached hydrogen (secondary N) is 1. The lowest BCUT2D eigenvalue weighted by atomic mass is 9.99. The summed E-state index contributed by atoms with van der Waals surface area (Å²) in [6.45, 7) is 3.91. The third-order valence-electron chi connectivity index (χ3n) is 3.32. The van der Waals surface area contributed by atoms with Crippen molar-refractivity contribution in [3.63, 3.8) is 0 Å². The van der Waals surface area contributed by atoms with E-state index in [1.807, 2.05) is 13.8 Å². The van der Waals surface area contributed by atoms with Crippen molar-refractivity contribution in [1.29, 1.82) is 0 Å². The summed E-state index contributed by atoms with van der Waals surface area (Å²) in [5.74, 6) is 0.306. The van der Waals surface area contributed by atoms with Gasteiger partial charge in [0.25, 0.3) is 5.91 Å². The summed E-state index contributed by atoms with van der Waals surface area (Å²) in [5.41, 5.74) is 13.7. The zero-order chi connectivity index (χ0) is 17.9. The standard InChI is InChI=1S/C15H19N5O4/c1-7(2)8-4-10(23-3)9(14(21)20-22)5-11(8)24-12-6-18-15(17)19-13(12)16/h4-7,22H,1-3H3,(H,20,21)(H4,16,17,18,19). The van der Waals surface area contributed by atoms with Crippen molar-refractivity contribution < 1.29 is 19.5 Å². The molecule has 0 saturated heterocycles. The van der Waals surface area contributed by atoms with Crippen LogP contribution in [0.25, 0.3) is 0 Å². The highest BCUT2D eigenvalue weighted by Crippen LogP contribution is 2.37. The van der Waals surface area contributed by atoms with Crippen molar-refractivity contribution in [3.8, 4) is 17.2 Å². The minimum atomic E-state index is -0.728. The molecule has 9 heteroatoms. The maximum atomic E-state index is 11.8. The Balaban J connectivity index is 2.55. The van der Waals surface area contributed by atoms with E-state index < -0.39 is 5.91 Å². The summed E-state index contributed by atoms with van der Waals surface area (Å²) in [6.07, 6.45) is 1.35. The van der Waals surface area contributed by atoms with E-state index in [0.29, 0.717) is 11.5 Å². The van der Waals surface area contributed by atoms with Crippen LogP contribution in [0.15, 0.2) is 18.3 Å². The molecule has 0 spiro atoms. The second-order valence-corrected chi connectivity index (χ2v) is 5.27. The molecule has 128 valence electrons. The molecule has 0 atom stereocenters. The van der Waals surface area contributed by atoms with Crippen molar-refractivity contribution in [3.05, 3.63) is 29.5 Å². The number of anilines is 2. The first-order chi connectivity index (χ1) is 11.4. The Kier molecular flexibility index (Phi) is 5.05. The highest BCUT2D eigenvalue weighted by molar-refractivity contribution is 5.96. The van der Waals surface area contributed by atoms with Gasteiger partial charge in [0.05, 0.1) is 18.9 Å². The predicted octanol–water partition coefficient (Wildman–Crippen LogP) is 1.68. The van der Waals surface area contributed by atoms with Crippen LogP contribution in [0.1, 0.15) is 35.7 Å². The summed E-state index contributed by atoms with van der Waals surface area (Å²) < 4.78 is 11.0. The number of methoxy groups -OCH3 is 1. The first-order valence-electron chi connectivity index (χ1n) is 7.09. The molecule has 1 heterocycles. The van der Waals surface area contributed by atoms with Crippen molar-refractivity contribution in [1.82, 2.24) is 15.4 Å². The average Bonchev–Trinajstić information content (AvgIpc) is 2.55. The molecule has 24 heavy (non-hydrogen) atoms. The number of nitrogens with zero attached hydrogens (tertiary/aromatic N) is 2. The SMILES string of the molecule is COc1cc(C(C)C)c(Oc2cnc(N)nc2N)cc1C(=O)NO. The predicted molar refractivity (Wildman–Crippen MR) is 87.3 cm³/mol. The van der Waals surface area contributed by atoms with E-state index in [9.17, 15) is 4.79 Å². The van der Waals surface area contributed by atoms with E-state index in [2.05, 4.69) is 9.97 Å². The quantitative estimate of drug-likeness (QED) is 0.477. The molecule has 0 aliphatic rings. The van der Waals surface area contributed by atoms with Gasteiger partial charge in [-0.3, -0.25) is 10.0 Å². The molecule has 0 radical (unpaired) electrons. The zero-order valence-corrected chi connectivity index (χ0v) is 13.5. The summed E-state index contributed by atoms with van der Waals surface area (Å²) in [6, 6.07) is 3.12. The normalized spacial score (nSPS) is 10.5. The van der Waals surface area contributed by atoms with E-state index in [-0.39, 0.29) is 29.0 Å². The van der Waals surface area contributed by atoms with E-state index >= 15 is 0 Å². The number of benzene rings is 1. The first kappa shape index (κ1) is 17.3. The molecule has 9 nitrogen and oxygen atoms in total. The number of ether oxygens (including phenoxy) is 2. The molecular formula is C15H19N5O4. The summed E-state index contributed by atoms with van der Waals surface area (Å²) >= 11 is 0. The maximum Gasteiger partial charge on any atom is 0.278 e. The second kappa shape index (κ2) is 7.01. The molecule has 1 aromatic heterocycles. The lowest BCUT2D eigenvalue weighted by Crippen LogP contribution is -2.19. The molecule has 2 rings (SSSR count). The molecule has 0 aliphatic heterocycles. The summed E-state index contributed by atoms with van der Waals surface area (Å²) in [4.78, 5) is 19.5. The highest BCUT2D eigenvalue weighted by atomic mass is 16.5. The molecule has 6 N–H and O–H groups in total. The molecule has 2 aromatic rings. The first-order valence-corrected chi connectivity index (χ1v) is 7.09. The van der Waals surface area contributed by atoms with Gasteiger partial charge >= 0.3 is 0 Å². The zero-order valence-electron chi connectivity index (χ0n) is 13.5. The van der Waals surface area contributed by atoms with Crippen molar-refractivity contribution in [2.24, 2.45) is 0 Å². The van der Waals surface area contributed by atoms with Gasteiger partial charge in [-0.1, -0.05) is 13.8 Å². The Morgan fingerprint density at radius 1 is 1.25 bits per heavy atom. The third-order valence-corrected chi connectivity index (χ3v) is 3.32. The fourth-order valence-corrected chi connectivity index (χ4v) is 2.12. The van der Waals surface area contributed by atoms with Crippen molar-refractivity contribution in [2.75, 3.05) is 18.6 Å². The molecule has 1 amide bonds. The van der Waals surface area contributed by atoms with Crippen molar-refractivity contribution >= 4 is 17.7 Å². The van der Waals surface area contributed by atoms with Crippen LogP contribution in [-0.4, -0.2) is 28.2 Å². The number of rotatable bonds is 5. The minimum absolute atomic E-state index is 0.0269. The molecule has 0 aliphatic carbocycles. The Hall–Kier alpha value is -3.07. The van der Waals surface area contributed by atoms with Gasteiger partial charge in [0.15, 0.2) is 11.6 Å². The van der Waals surface area contributed by atoms with Crippen LogP contribution < -0.4 is 26.4 Å². The minimum Gasteiger partial charge on any atom is -0.496 e. The Morgan fingerprint density at radius 3 is 2.50 bits per heavy atom. The van der Waals surface area contributed by atoms with E-state index in [1.165, 1.54) is 19.4 Å². The molecule has 0 fully saturated rings. The van der Waals surface area contributed by atoms with Gasteiger partial charge in [0, 0.05) is 5.56 Å². The third kappa shape index (κ3) is 3.46. The van der Waals surface area contributed by atoms with E-state index in [0.717, 1.165) is 5.56 Å². The Labute approximate surface area is 138 Å². The van der Waals surface area contributed by atoms with E-state index in [4.69, 9.17) is 26.1 Å². The molecule has 0 bridgehead atoms. The number of hydroxylamine groups is 1. The topological polar surface area (TPSA) is 146 Å². The highest BCUT2D eigenvalue weighted by Gasteiger charge is 2.20. The summed E-state index contributed by atoms with van der Waals surface area (Å²) in [7, 11) is 1.43. The van der Waals surface area contributed by atoms with Crippen LogP contribution >= 0.6 is 0 Å². The van der Waals surface area contributed by atoms with Gasteiger partial charge < -0.3 is 20.9 Å². The fourth-order valence-electron chi connectivity index (χ4n) is 2.12. The fraction of sp³-hybridized carbons (Fsp3) is 0.267. The summed E-state index contributed by atoms with van der Waals surface area (Å²) in [5, 5.41) is 8.89. The molecular weight excluding hydrogens is 314 g/mol. The van der Waals surface area contributed by atoms with E-state index in [1.54, 1.807) is 11.5 Å².